The van der Waals surface area contributed by atoms with E-state index in [1.165, 1.54) is 0 Å². The predicted octanol–water partition coefficient (Wildman–Crippen LogP) is 2.53. The van der Waals surface area contributed by atoms with Crippen molar-refractivity contribution in [3.05, 3.63) is 78.4 Å². The number of halogens is 1. The lowest BCUT2D eigenvalue weighted by Crippen LogP contribution is -2.33. The number of aromatic nitrogens is 3. The van der Waals surface area contributed by atoms with E-state index in [1.807, 2.05) is 59.4 Å². The van der Waals surface area contributed by atoms with E-state index in [9.17, 15) is 0 Å². The molecule has 25 heavy (non-hydrogen) atoms. The quantitative estimate of drug-likeness (QED) is 0.345. The van der Waals surface area contributed by atoms with Crippen molar-refractivity contribution in [1.29, 1.82) is 0 Å². The Bertz CT molecular complexity index is 786. The minimum atomic E-state index is 0. The summed E-state index contributed by atoms with van der Waals surface area (Å²) in [6.07, 6.45) is 6.36. The average molecular weight is 448 g/mol. The highest BCUT2D eigenvalue weighted by Crippen LogP contribution is 2.08. The molecular formula is C18H21IN6. The van der Waals surface area contributed by atoms with Crippen LogP contribution < -0.4 is 11.1 Å². The van der Waals surface area contributed by atoms with Crippen molar-refractivity contribution in [2.45, 2.75) is 13.0 Å². The van der Waals surface area contributed by atoms with Crippen LogP contribution >= 0.6 is 24.0 Å². The van der Waals surface area contributed by atoms with Gasteiger partial charge in [0.05, 0.1) is 18.4 Å². The monoisotopic (exact) mass is 448 g/mol. The van der Waals surface area contributed by atoms with Gasteiger partial charge in [-0.25, -0.2) is 9.67 Å². The van der Waals surface area contributed by atoms with Gasteiger partial charge in [-0.3, -0.25) is 4.98 Å². The van der Waals surface area contributed by atoms with Crippen LogP contribution in [0.2, 0.25) is 0 Å². The van der Waals surface area contributed by atoms with Crippen molar-refractivity contribution >= 4 is 29.9 Å². The summed E-state index contributed by atoms with van der Waals surface area (Å²) in [4.78, 5) is 8.61. The Hall–Kier alpha value is -2.42. The van der Waals surface area contributed by atoms with Crippen LogP contribution in [0.25, 0.3) is 5.69 Å². The molecule has 7 heteroatoms. The maximum Gasteiger partial charge on any atom is 0.188 e. The summed E-state index contributed by atoms with van der Waals surface area (Å²) >= 11 is 0. The molecule has 3 rings (SSSR count). The molecule has 2 aromatic heterocycles. The molecule has 130 valence electrons. The zero-order valence-electron chi connectivity index (χ0n) is 13.7. The second-order valence-electron chi connectivity index (χ2n) is 5.33. The molecule has 0 spiro atoms. The molecule has 0 aliphatic carbocycles. The molecule has 0 atom stereocenters. The van der Waals surface area contributed by atoms with E-state index >= 15 is 0 Å². The van der Waals surface area contributed by atoms with Crippen molar-refractivity contribution in [2.75, 3.05) is 6.54 Å². The van der Waals surface area contributed by atoms with Crippen molar-refractivity contribution in [2.24, 2.45) is 10.7 Å². The number of benzene rings is 1. The largest absolute Gasteiger partial charge is 0.370 e. The van der Waals surface area contributed by atoms with E-state index < -0.39 is 0 Å². The number of aliphatic imine (C=N–C) groups is 1. The van der Waals surface area contributed by atoms with Crippen LogP contribution in [0.1, 0.15) is 11.3 Å². The van der Waals surface area contributed by atoms with Gasteiger partial charge in [0, 0.05) is 36.6 Å². The molecule has 6 nitrogen and oxygen atoms in total. The number of hydrogen-bond acceptors (Lipinski definition) is 3. The topological polar surface area (TPSA) is 81.1 Å². The van der Waals surface area contributed by atoms with Gasteiger partial charge in [-0.05, 0) is 24.3 Å². The van der Waals surface area contributed by atoms with E-state index in [1.54, 1.807) is 12.4 Å². The molecule has 0 aliphatic heterocycles. The van der Waals surface area contributed by atoms with Gasteiger partial charge in [-0.2, -0.15) is 5.10 Å². The molecule has 3 N–H and O–H groups in total. The summed E-state index contributed by atoms with van der Waals surface area (Å²) in [5.41, 5.74) is 8.95. The highest BCUT2D eigenvalue weighted by molar-refractivity contribution is 14.0. The molecule has 0 aliphatic rings. The smallest absolute Gasteiger partial charge is 0.188 e. The minimum Gasteiger partial charge on any atom is -0.370 e. The second-order valence-corrected chi connectivity index (χ2v) is 5.33. The molecule has 2 heterocycles. The standard InChI is InChI=1S/C18H20N6.HI/c19-18(21-11-9-16-6-4-5-10-20-16)22-12-15-13-23-24(14-15)17-7-2-1-3-8-17;/h1-8,10,13-14H,9,11-12H2,(H3,19,21,22);1H. The van der Waals surface area contributed by atoms with Gasteiger partial charge in [0.2, 0.25) is 0 Å². The molecule has 0 amide bonds. The average Bonchev–Trinajstić information content (AvgIpc) is 3.11. The second kappa shape index (κ2) is 9.77. The van der Waals surface area contributed by atoms with Crippen molar-refractivity contribution < 1.29 is 0 Å². The summed E-state index contributed by atoms with van der Waals surface area (Å²) in [5.74, 6) is 0.429. The first-order valence-electron chi connectivity index (χ1n) is 7.84. The molecule has 0 saturated carbocycles. The van der Waals surface area contributed by atoms with Crippen molar-refractivity contribution in [3.63, 3.8) is 0 Å². The number of hydrogen-bond donors (Lipinski definition) is 2. The molecule has 0 fully saturated rings. The lowest BCUT2D eigenvalue weighted by atomic mass is 10.3. The van der Waals surface area contributed by atoms with E-state index in [0.29, 0.717) is 19.0 Å². The fourth-order valence-corrected chi connectivity index (χ4v) is 2.26. The van der Waals surface area contributed by atoms with E-state index in [2.05, 4.69) is 20.4 Å². The molecule has 3 aromatic rings. The van der Waals surface area contributed by atoms with Crippen LogP contribution in [0.3, 0.4) is 0 Å². The normalized spacial score (nSPS) is 11.0. The number of nitrogens with one attached hydrogen (secondary N) is 1. The van der Waals surface area contributed by atoms with Crippen LogP contribution in [-0.4, -0.2) is 27.3 Å². The summed E-state index contributed by atoms with van der Waals surface area (Å²) in [5, 5.41) is 7.44. The van der Waals surface area contributed by atoms with Gasteiger partial charge in [0.15, 0.2) is 5.96 Å². The number of nitrogens with zero attached hydrogens (tertiary/aromatic N) is 4. The first-order valence-corrected chi connectivity index (χ1v) is 7.84. The van der Waals surface area contributed by atoms with Gasteiger partial charge in [0.25, 0.3) is 0 Å². The van der Waals surface area contributed by atoms with Gasteiger partial charge in [-0.15, -0.1) is 24.0 Å². The van der Waals surface area contributed by atoms with Crippen LogP contribution in [0.5, 0.6) is 0 Å². The number of pyridine rings is 1. The van der Waals surface area contributed by atoms with E-state index in [-0.39, 0.29) is 24.0 Å². The summed E-state index contributed by atoms with van der Waals surface area (Å²) < 4.78 is 1.83. The highest BCUT2D eigenvalue weighted by Gasteiger charge is 2.00. The highest BCUT2D eigenvalue weighted by atomic mass is 127. The van der Waals surface area contributed by atoms with E-state index in [4.69, 9.17) is 5.73 Å². The van der Waals surface area contributed by atoms with Crippen molar-refractivity contribution in [1.82, 2.24) is 20.1 Å². The van der Waals surface area contributed by atoms with Crippen LogP contribution in [-0.2, 0) is 13.0 Å². The Morgan fingerprint density at radius 1 is 1.12 bits per heavy atom. The zero-order valence-corrected chi connectivity index (χ0v) is 16.1. The molecule has 0 saturated heterocycles. The zero-order chi connectivity index (χ0) is 16.6. The lowest BCUT2D eigenvalue weighted by Gasteiger charge is -2.04. The Balaban J connectivity index is 0.00000225. The molecule has 1 aromatic carbocycles. The number of para-hydroxylation sites is 1. The summed E-state index contributed by atoms with van der Waals surface area (Å²) in [7, 11) is 0. The number of guanidine groups is 1. The number of rotatable bonds is 6. The Morgan fingerprint density at radius 3 is 2.68 bits per heavy atom. The van der Waals surface area contributed by atoms with Gasteiger partial charge in [-0.1, -0.05) is 24.3 Å². The van der Waals surface area contributed by atoms with Crippen LogP contribution in [0.4, 0.5) is 0 Å². The minimum absolute atomic E-state index is 0. The van der Waals surface area contributed by atoms with Crippen LogP contribution in [0, 0.1) is 0 Å². The maximum absolute atomic E-state index is 5.89. The summed E-state index contributed by atoms with van der Waals surface area (Å²) in [6.45, 7) is 1.20. The fourth-order valence-electron chi connectivity index (χ4n) is 2.26. The fraction of sp³-hybridized carbons (Fsp3) is 0.167. The summed E-state index contributed by atoms with van der Waals surface area (Å²) in [6, 6.07) is 15.8. The molecular weight excluding hydrogens is 427 g/mol. The van der Waals surface area contributed by atoms with Gasteiger partial charge < -0.3 is 11.1 Å². The Kier molecular flexibility index (Phi) is 7.39. The Labute approximate surface area is 164 Å². The maximum atomic E-state index is 5.89. The SMILES string of the molecule is I.NC(=NCc1cnn(-c2ccccc2)c1)NCCc1ccccn1. The van der Waals surface area contributed by atoms with Gasteiger partial charge in [0.1, 0.15) is 0 Å². The third-order valence-electron chi connectivity index (χ3n) is 3.50. The molecule has 0 radical (unpaired) electrons. The third-order valence-corrected chi connectivity index (χ3v) is 3.50. The first kappa shape index (κ1) is 18.9. The van der Waals surface area contributed by atoms with E-state index in [0.717, 1.165) is 23.4 Å². The molecule has 0 unspecified atom stereocenters. The lowest BCUT2D eigenvalue weighted by molar-refractivity contribution is 0.827. The van der Waals surface area contributed by atoms with Gasteiger partial charge >= 0.3 is 0 Å². The first-order chi connectivity index (χ1) is 11.8. The van der Waals surface area contributed by atoms with Crippen LogP contribution in [0.15, 0.2) is 72.1 Å². The molecule has 0 bridgehead atoms. The third kappa shape index (κ3) is 5.86. The number of nitrogens with two attached hydrogens (primary N) is 1. The van der Waals surface area contributed by atoms with Crippen molar-refractivity contribution in [3.8, 4) is 5.69 Å². The Morgan fingerprint density at radius 2 is 1.92 bits per heavy atom. The predicted molar refractivity (Wildman–Crippen MR) is 110 cm³/mol.